The van der Waals surface area contributed by atoms with Crippen LogP contribution in [0, 0.1) is 0 Å². The van der Waals surface area contributed by atoms with Gasteiger partial charge in [0.15, 0.2) is 11.4 Å². The molecule has 0 saturated heterocycles. The van der Waals surface area contributed by atoms with Crippen molar-refractivity contribution in [3.63, 3.8) is 0 Å². The zero-order valence-electron chi connectivity index (χ0n) is 8.68. The lowest BCUT2D eigenvalue weighted by Gasteiger charge is -2.03. The standard InChI is InChI=1S/C11H8N4O2/c16-11(9-2-1-5-17-9)14-8-3-4-12-10-7(8)6-13-15-10/h1-6H,(H2,12,13,14,15,16). The van der Waals surface area contributed by atoms with Crippen LogP contribution in [0.15, 0.2) is 41.3 Å². The molecule has 3 rings (SSSR count). The van der Waals surface area contributed by atoms with Gasteiger partial charge in [-0.25, -0.2) is 4.98 Å². The number of carbonyl (C=O) groups excluding carboxylic acids is 1. The Labute approximate surface area is 95.7 Å². The van der Waals surface area contributed by atoms with Gasteiger partial charge < -0.3 is 9.73 Å². The Morgan fingerprint density at radius 3 is 3.18 bits per heavy atom. The van der Waals surface area contributed by atoms with Gasteiger partial charge in [-0.15, -0.1) is 0 Å². The highest BCUT2D eigenvalue weighted by Crippen LogP contribution is 2.19. The Morgan fingerprint density at radius 1 is 1.41 bits per heavy atom. The summed E-state index contributed by atoms with van der Waals surface area (Å²) in [7, 11) is 0. The Hall–Kier alpha value is -2.63. The maximum absolute atomic E-state index is 11.8. The molecule has 84 valence electrons. The number of hydrogen-bond donors (Lipinski definition) is 2. The molecule has 0 aliphatic carbocycles. The second kappa shape index (κ2) is 3.75. The quantitative estimate of drug-likeness (QED) is 0.700. The molecule has 3 heterocycles. The molecule has 0 aliphatic heterocycles. The van der Waals surface area contributed by atoms with Crippen molar-refractivity contribution >= 4 is 22.6 Å². The maximum atomic E-state index is 11.8. The predicted molar refractivity (Wildman–Crippen MR) is 60.5 cm³/mol. The van der Waals surface area contributed by atoms with Gasteiger partial charge >= 0.3 is 0 Å². The van der Waals surface area contributed by atoms with Crippen molar-refractivity contribution in [3.05, 3.63) is 42.6 Å². The van der Waals surface area contributed by atoms with Gasteiger partial charge in [0.05, 0.1) is 23.5 Å². The van der Waals surface area contributed by atoms with E-state index in [1.54, 1.807) is 30.6 Å². The van der Waals surface area contributed by atoms with E-state index in [1.807, 2.05) is 0 Å². The van der Waals surface area contributed by atoms with Crippen molar-refractivity contribution in [1.29, 1.82) is 0 Å². The summed E-state index contributed by atoms with van der Waals surface area (Å²) in [6, 6.07) is 4.97. The van der Waals surface area contributed by atoms with Crippen LogP contribution in [-0.4, -0.2) is 21.1 Å². The molecule has 3 aromatic rings. The molecule has 0 spiro atoms. The summed E-state index contributed by atoms with van der Waals surface area (Å²) >= 11 is 0. The Balaban J connectivity index is 1.95. The average molecular weight is 228 g/mol. The summed E-state index contributed by atoms with van der Waals surface area (Å²) in [6.45, 7) is 0. The van der Waals surface area contributed by atoms with Crippen molar-refractivity contribution in [2.75, 3.05) is 5.32 Å². The van der Waals surface area contributed by atoms with Gasteiger partial charge in [0, 0.05) is 6.20 Å². The molecular formula is C11H8N4O2. The number of hydrogen-bond acceptors (Lipinski definition) is 4. The van der Waals surface area contributed by atoms with E-state index in [2.05, 4.69) is 20.5 Å². The van der Waals surface area contributed by atoms with Crippen LogP contribution >= 0.6 is 0 Å². The maximum Gasteiger partial charge on any atom is 0.291 e. The fourth-order valence-corrected chi connectivity index (χ4v) is 1.55. The molecule has 0 saturated carbocycles. The Morgan fingerprint density at radius 2 is 2.35 bits per heavy atom. The van der Waals surface area contributed by atoms with Crippen LogP contribution in [0.25, 0.3) is 11.0 Å². The topological polar surface area (TPSA) is 83.8 Å². The first-order valence-electron chi connectivity index (χ1n) is 4.97. The summed E-state index contributed by atoms with van der Waals surface area (Å²) in [5.74, 6) is -0.0397. The summed E-state index contributed by atoms with van der Waals surface area (Å²) < 4.78 is 5.01. The molecule has 0 aromatic carbocycles. The minimum absolute atomic E-state index is 0.262. The SMILES string of the molecule is O=C(Nc1ccnc2[nH]ncc12)c1ccco1. The van der Waals surface area contributed by atoms with Gasteiger partial charge in [0.2, 0.25) is 0 Å². The van der Waals surface area contributed by atoms with Crippen LogP contribution in [0.4, 0.5) is 5.69 Å². The van der Waals surface area contributed by atoms with Gasteiger partial charge in [0.1, 0.15) is 0 Å². The monoisotopic (exact) mass is 228 g/mol. The third kappa shape index (κ3) is 1.65. The zero-order chi connectivity index (χ0) is 11.7. The van der Waals surface area contributed by atoms with E-state index in [-0.39, 0.29) is 11.7 Å². The zero-order valence-corrected chi connectivity index (χ0v) is 8.68. The molecule has 0 radical (unpaired) electrons. The average Bonchev–Trinajstić information content (AvgIpc) is 3.00. The molecule has 0 atom stereocenters. The third-order valence-corrected chi connectivity index (χ3v) is 2.35. The second-order valence-electron chi connectivity index (χ2n) is 3.42. The first-order valence-corrected chi connectivity index (χ1v) is 4.97. The number of fused-ring (bicyclic) bond motifs is 1. The second-order valence-corrected chi connectivity index (χ2v) is 3.42. The molecular weight excluding hydrogens is 220 g/mol. The number of furan rings is 1. The lowest BCUT2D eigenvalue weighted by Crippen LogP contribution is -2.11. The van der Waals surface area contributed by atoms with Crippen molar-refractivity contribution in [3.8, 4) is 0 Å². The van der Waals surface area contributed by atoms with Crippen LogP contribution in [0.3, 0.4) is 0 Å². The minimum Gasteiger partial charge on any atom is -0.459 e. The fourth-order valence-electron chi connectivity index (χ4n) is 1.55. The lowest BCUT2D eigenvalue weighted by molar-refractivity contribution is 0.0997. The summed E-state index contributed by atoms with van der Waals surface area (Å²) in [5.41, 5.74) is 1.27. The van der Waals surface area contributed by atoms with E-state index in [1.165, 1.54) is 6.26 Å². The van der Waals surface area contributed by atoms with Crippen molar-refractivity contribution in [2.45, 2.75) is 0 Å². The van der Waals surface area contributed by atoms with Gasteiger partial charge in [-0.05, 0) is 18.2 Å². The van der Waals surface area contributed by atoms with Crippen LogP contribution < -0.4 is 5.32 Å². The number of anilines is 1. The Kier molecular flexibility index (Phi) is 2.11. The smallest absolute Gasteiger partial charge is 0.291 e. The van der Waals surface area contributed by atoms with E-state index < -0.39 is 0 Å². The van der Waals surface area contributed by atoms with E-state index in [9.17, 15) is 4.79 Å². The van der Waals surface area contributed by atoms with E-state index in [0.29, 0.717) is 11.3 Å². The number of rotatable bonds is 2. The van der Waals surface area contributed by atoms with Crippen LogP contribution in [0.1, 0.15) is 10.6 Å². The van der Waals surface area contributed by atoms with Crippen LogP contribution in [0.2, 0.25) is 0 Å². The van der Waals surface area contributed by atoms with Crippen LogP contribution in [-0.2, 0) is 0 Å². The largest absolute Gasteiger partial charge is 0.459 e. The molecule has 2 N–H and O–H groups in total. The molecule has 0 aliphatic rings. The molecule has 0 fully saturated rings. The number of pyridine rings is 1. The van der Waals surface area contributed by atoms with Gasteiger partial charge in [-0.2, -0.15) is 5.10 Å². The number of H-pyrrole nitrogens is 1. The van der Waals surface area contributed by atoms with Crippen molar-refractivity contribution in [1.82, 2.24) is 15.2 Å². The van der Waals surface area contributed by atoms with Gasteiger partial charge in [-0.3, -0.25) is 9.89 Å². The molecule has 1 amide bonds. The number of amides is 1. The Bertz CT molecular complexity index is 657. The number of nitrogens with one attached hydrogen (secondary N) is 2. The highest BCUT2D eigenvalue weighted by Gasteiger charge is 2.11. The third-order valence-electron chi connectivity index (χ3n) is 2.35. The summed E-state index contributed by atoms with van der Waals surface area (Å²) in [5, 5.41) is 10.1. The number of aromatic amines is 1. The van der Waals surface area contributed by atoms with Gasteiger partial charge in [-0.1, -0.05) is 0 Å². The number of carbonyl (C=O) groups is 1. The molecule has 0 bridgehead atoms. The van der Waals surface area contributed by atoms with Gasteiger partial charge in [0.25, 0.3) is 5.91 Å². The first-order chi connectivity index (χ1) is 8.34. The molecule has 6 nitrogen and oxygen atoms in total. The molecule has 6 heteroatoms. The molecule has 17 heavy (non-hydrogen) atoms. The van der Waals surface area contributed by atoms with Crippen molar-refractivity contribution < 1.29 is 9.21 Å². The van der Waals surface area contributed by atoms with E-state index >= 15 is 0 Å². The summed E-state index contributed by atoms with van der Waals surface area (Å²) in [4.78, 5) is 15.9. The normalized spacial score (nSPS) is 10.6. The highest BCUT2D eigenvalue weighted by atomic mass is 16.3. The van der Waals surface area contributed by atoms with E-state index in [4.69, 9.17) is 4.42 Å². The highest BCUT2D eigenvalue weighted by molar-refractivity contribution is 6.06. The minimum atomic E-state index is -0.302. The van der Waals surface area contributed by atoms with Crippen LogP contribution in [0.5, 0.6) is 0 Å². The fraction of sp³-hybridized carbons (Fsp3) is 0. The summed E-state index contributed by atoms with van der Waals surface area (Å²) in [6.07, 6.45) is 4.66. The first kappa shape index (κ1) is 9.59. The number of nitrogens with zero attached hydrogens (tertiary/aromatic N) is 2. The predicted octanol–water partition coefficient (Wildman–Crippen LogP) is 1.80. The number of aromatic nitrogens is 3. The van der Waals surface area contributed by atoms with Crippen molar-refractivity contribution in [2.24, 2.45) is 0 Å². The molecule has 3 aromatic heterocycles. The lowest BCUT2D eigenvalue weighted by atomic mass is 10.3. The van der Waals surface area contributed by atoms with E-state index in [0.717, 1.165) is 5.39 Å². The molecule has 0 unspecified atom stereocenters.